The van der Waals surface area contributed by atoms with Crippen LogP contribution in [0.5, 0.6) is 0 Å². The van der Waals surface area contributed by atoms with E-state index in [0.29, 0.717) is 12.4 Å². The Morgan fingerprint density at radius 2 is 1.75 bits per heavy atom. The highest BCUT2D eigenvalue weighted by Crippen LogP contribution is 2.22. The zero-order valence-corrected chi connectivity index (χ0v) is 20.2. The van der Waals surface area contributed by atoms with Gasteiger partial charge in [0, 0.05) is 51.7 Å². The van der Waals surface area contributed by atoms with Crippen molar-refractivity contribution in [1.29, 1.82) is 0 Å². The molecule has 1 fully saturated rings. The number of guanidine groups is 1. The molecule has 0 aliphatic carbocycles. The minimum absolute atomic E-state index is 0.0281. The van der Waals surface area contributed by atoms with Gasteiger partial charge in [-0.3, -0.25) is 9.89 Å². The Labute approximate surface area is 193 Å². The summed E-state index contributed by atoms with van der Waals surface area (Å²) in [4.78, 5) is 13.8. The molecule has 0 unspecified atom stereocenters. The number of unbranched alkanes of at least 4 members (excludes halogenated alkanes) is 1. The van der Waals surface area contributed by atoms with Gasteiger partial charge < -0.3 is 20.0 Å². The molecule has 7 heteroatoms. The lowest BCUT2D eigenvalue weighted by Gasteiger charge is -2.34. The number of hydrogen-bond acceptors (Lipinski definition) is 5. The number of benzene rings is 1. The zero-order valence-electron chi connectivity index (χ0n) is 20.2. The smallest absolute Gasteiger partial charge is 0.213 e. The quantitative estimate of drug-likeness (QED) is 0.354. The molecule has 0 amide bonds. The molecule has 0 radical (unpaired) electrons. The largest absolute Gasteiger partial charge is 0.443 e. The van der Waals surface area contributed by atoms with Gasteiger partial charge in [0.1, 0.15) is 5.76 Å². The predicted molar refractivity (Wildman–Crippen MR) is 131 cm³/mol. The maximum Gasteiger partial charge on any atom is 0.213 e. The molecule has 2 N–H and O–H groups in total. The van der Waals surface area contributed by atoms with Crippen LogP contribution in [0.1, 0.15) is 50.8 Å². The lowest BCUT2D eigenvalue weighted by molar-refractivity contribution is 0.126. The highest BCUT2D eigenvalue weighted by atomic mass is 16.4. The molecule has 1 aromatic heterocycles. The van der Waals surface area contributed by atoms with Gasteiger partial charge in [-0.15, -0.1) is 0 Å². The van der Waals surface area contributed by atoms with Crippen molar-refractivity contribution in [1.82, 2.24) is 25.4 Å². The molecule has 0 spiro atoms. The van der Waals surface area contributed by atoms with Crippen molar-refractivity contribution in [3.63, 3.8) is 0 Å². The van der Waals surface area contributed by atoms with E-state index in [9.17, 15) is 0 Å². The summed E-state index contributed by atoms with van der Waals surface area (Å²) in [5.41, 5.74) is 1.38. The normalized spacial score (nSPS) is 16.3. The molecule has 7 nitrogen and oxygen atoms in total. The molecule has 2 aromatic rings. The molecule has 1 aromatic carbocycles. The van der Waals surface area contributed by atoms with Crippen molar-refractivity contribution >= 4 is 5.96 Å². The fraction of sp³-hybridized carbons (Fsp3) is 0.600. The Morgan fingerprint density at radius 1 is 1.03 bits per heavy atom. The van der Waals surface area contributed by atoms with Crippen LogP contribution >= 0.6 is 0 Å². The first-order chi connectivity index (χ1) is 15.4. The Hall–Kier alpha value is -2.38. The third-order valence-electron chi connectivity index (χ3n) is 5.83. The SMILES string of the molecule is CN=C(NCCCCN1CCN(Cc2ccccc2)CC1)NCc1ncc(C(C)(C)C)o1. The molecule has 2 heterocycles. The lowest BCUT2D eigenvalue weighted by Crippen LogP contribution is -2.46. The maximum atomic E-state index is 5.83. The zero-order chi connectivity index (χ0) is 22.8. The van der Waals surface area contributed by atoms with Gasteiger partial charge in [-0.1, -0.05) is 51.1 Å². The van der Waals surface area contributed by atoms with Gasteiger partial charge in [0.25, 0.3) is 0 Å². The molecule has 0 atom stereocenters. The molecule has 32 heavy (non-hydrogen) atoms. The number of aromatic nitrogens is 1. The molecule has 176 valence electrons. The molecule has 0 bridgehead atoms. The monoisotopic (exact) mass is 440 g/mol. The molecule has 1 aliphatic heterocycles. The Balaban J connectivity index is 1.25. The van der Waals surface area contributed by atoms with E-state index in [1.165, 1.54) is 18.5 Å². The summed E-state index contributed by atoms with van der Waals surface area (Å²) >= 11 is 0. The van der Waals surface area contributed by atoms with Crippen molar-refractivity contribution < 1.29 is 4.42 Å². The van der Waals surface area contributed by atoms with Gasteiger partial charge in [-0.25, -0.2) is 4.98 Å². The fourth-order valence-electron chi connectivity index (χ4n) is 3.80. The van der Waals surface area contributed by atoms with Crippen LogP contribution in [-0.2, 0) is 18.5 Å². The second-order valence-electron chi connectivity index (χ2n) is 9.53. The van der Waals surface area contributed by atoms with Gasteiger partial charge >= 0.3 is 0 Å². The van der Waals surface area contributed by atoms with E-state index in [2.05, 4.69) is 81.5 Å². The Kier molecular flexibility index (Phi) is 9.11. The summed E-state index contributed by atoms with van der Waals surface area (Å²) in [6.45, 7) is 14.7. The Bertz CT molecular complexity index is 818. The van der Waals surface area contributed by atoms with E-state index < -0.39 is 0 Å². The van der Waals surface area contributed by atoms with E-state index in [1.807, 2.05) is 6.20 Å². The molecule has 3 rings (SSSR count). The maximum absolute atomic E-state index is 5.83. The van der Waals surface area contributed by atoms with Crippen LogP contribution in [-0.4, -0.2) is 67.1 Å². The van der Waals surface area contributed by atoms with Gasteiger partial charge in [0.15, 0.2) is 5.96 Å². The number of aliphatic imine (C=N–C) groups is 1. The first-order valence-electron chi connectivity index (χ1n) is 11.8. The summed E-state index contributed by atoms with van der Waals surface area (Å²) in [5.74, 6) is 2.37. The third kappa shape index (κ3) is 7.95. The number of rotatable bonds is 9. The van der Waals surface area contributed by atoms with Crippen molar-refractivity contribution in [2.45, 2.75) is 52.1 Å². The summed E-state index contributed by atoms with van der Waals surface area (Å²) < 4.78 is 5.83. The standard InChI is InChI=1S/C25H40N6O/c1-25(2,3)22-18-28-23(32-22)19-29-24(26-4)27-12-8-9-13-30-14-16-31(17-15-30)20-21-10-6-5-7-11-21/h5-7,10-11,18H,8-9,12-17,19-20H2,1-4H3,(H2,26,27,29). The van der Waals surface area contributed by atoms with Crippen LogP contribution in [0.25, 0.3) is 0 Å². The number of hydrogen-bond donors (Lipinski definition) is 2. The van der Waals surface area contributed by atoms with E-state index in [-0.39, 0.29) is 5.41 Å². The first kappa shape index (κ1) is 24.3. The second kappa shape index (κ2) is 12.0. The van der Waals surface area contributed by atoms with E-state index in [4.69, 9.17) is 4.42 Å². The van der Waals surface area contributed by atoms with Crippen LogP contribution < -0.4 is 10.6 Å². The minimum atomic E-state index is -0.0281. The van der Waals surface area contributed by atoms with Crippen LogP contribution in [0.15, 0.2) is 45.9 Å². The van der Waals surface area contributed by atoms with Gasteiger partial charge in [-0.2, -0.15) is 0 Å². The number of nitrogens with one attached hydrogen (secondary N) is 2. The van der Waals surface area contributed by atoms with Gasteiger partial charge in [-0.05, 0) is 24.9 Å². The first-order valence-corrected chi connectivity index (χ1v) is 11.8. The molecule has 0 saturated carbocycles. The number of piperazine rings is 1. The fourth-order valence-corrected chi connectivity index (χ4v) is 3.80. The third-order valence-corrected chi connectivity index (χ3v) is 5.83. The summed E-state index contributed by atoms with van der Waals surface area (Å²) in [7, 11) is 1.79. The van der Waals surface area contributed by atoms with Crippen molar-refractivity contribution in [3.05, 3.63) is 53.7 Å². The topological polar surface area (TPSA) is 68.9 Å². The van der Waals surface area contributed by atoms with E-state index in [1.54, 1.807) is 7.05 Å². The van der Waals surface area contributed by atoms with Crippen LogP contribution in [0.2, 0.25) is 0 Å². The Morgan fingerprint density at radius 3 is 2.41 bits per heavy atom. The molecule has 1 saturated heterocycles. The average molecular weight is 441 g/mol. The average Bonchev–Trinajstić information content (AvgIpc) is 3.27. The summed E-state index contributed by atoms with van der Waals surface area (Å²) in [5, 5.41) is 6.67. The van der Waals surface area contributed by atoms with Crippen LogP contribution in [0.3, 0.4) is 0 Å². The molecular formula is C25H40N6O. The van der Waals surface area contributed by atoms with Crippen molar-refractivity contribution in [2.24, 2.45) is 4.99 Å². The van der Waals surface area contributed by atoms with Gasteiger partial charge in [0.05, 0.1) is 12.7 Å². The number of oxazole rings is 1. The highest BCUT2D eigenvalue weighted by Gasteiger charge is 2.19. The van der Waals surface area contributed by atoms with Crippen LogP contribution in [0.4, 0.5) is 0 Å². The minimum Gasteiger partial charge on any atom is -0.443 e. The van der Waals surface area contributed by atoms with Crippen molar-refractivity contribution in [3.8, 4) is 0 Å². The van der Waals surface area contributed by atoms with E-state index in [0.717, 1.165) is 57.4 Å². The highest BCUT2D eigenvalue weighted by molar-refractivity contribution is 5.79. The summed E-state index contributed by atoms with van der Waals surface area (Å²) in [6.07, 6.45) is 4.13. The lowest BCUT2D eigenvalue weighted by atomic mass is 9.94. The molecule has 1 aliphatic rings. The summed E-state index contributed by atoms with van der Waals surface area (Å²) in [6, 6.07) is 10.8. The molecular weight excluding hydrogens is 400 g/mol. The second-order valence-corrected chi connectivity index (χ2v) is 9.53. The van der Waals surface area contributed by atoms with E-state index >= 15 is 0 Å². The number of nitrogens with zero attached hydrogens (tertiary/aromatic N) is 4. The van der Waals surface area contributed by atoms with Crippen molar-refractivity contribution in [2.75, 3.05) is 46.3 Å². The van der Waals surface area contributed by atoms with Gasteiger partial charge in [0.2, 0.25) is 5.89 Å². The predicted octanol–water partition coefficient (Wildman–Crippen LogP) is 3.24. The van der Waals surface area contributed by atoms with Crippen LogP contribution in [0, 0.1) is 0 Å².